The summed E-state index contributed by atoms with van der Waals surface area (Å²) in [5, 5.41) is 0. The van der Waals surface area contributed by atoms with Gasteiger partial charge in [-0.2, -0.15) is 13.2 Å². The third-order valence-electron chi connectivity index (χ3n) is 2.22. The molecule has 15 heavy (non-hydrogen) atoms. The van der Waals surface area contributed by atoms with Crippen LogP contribution in [-0.4, -0.2) is 49.3 Å². The van der Waals surface area contributed by atoms with Gasteiger partial charge in [0.25, 0.3) is 0 Å². The standard InChI is InChI=1S/C8H13F3N2O2/c9-8(10,11)7(14)13-3-1-6(13)5-15-4-2-12/h6H,1-5,12H2. The van der Waals surface area contributed by atoms with Crippen LogP contribution in [0.25, 0.3) is 0 Å². The normalized spacial score (nSPS) is 21.3. The minimum atomic E-state index is -4.79. The van der Waals surface area contributed by atoms with Crippen LogP contribution >= 0.6 is 0 Å². The Hall–Kier alpha value is -0.820. The van der Waals surface area contributed by atoms with Gasteiger partial charge in [-0.1, -0.05) is 0 Å². The number of rotatable bonds is 4. The minimum absolute atomic E-state index is 0.124. The van der Waals surface area contributed by atoms with Crippen LogP contribution in [0.3, 0.4) is 0 Å². The number of amides is 1. The first-order valence-corrected chi connectivity index (χ1v) is 4.62. The van der Waals surface area contributed by atoms with E-state index >= 15 is 0 Å². The Bertz CT molecular complexity index is 232. The highest BCUT2D eigenvalue weighted by Gasteiger charge is 2.47. The van der Waals surface area contributed by atoms with Gasteiger partial charge in [0.05, 0.1) is 19.3 Å². The molecule has 0 bridgehead atoms. The van der Waals surface area contributed by atoms with Gasteiger partial charge in [-0.3, -0.25) is 4.79 Å². The van der Waals surface area contributed by atoms with Gasteiger partial charge in [-0.15, -0.1) is 0 Å². The molecule has 1 unspecified atom stereocenters. The molecule has 0 saturated carbocycles. The minimum Gasteiger partial charge on any atom is -0.378 e. The van der Waals surface area contributed by atoms with E-state index in [1.807, 2.05) is 0 Å². The summed E-state index contributed by atoms with van der Waals surface area (Å²) in [6, 6.07) is -0.453. The molecule has 0 spiro atoms. The largest absolute Gasteiger partial charge is 0.471 e. The van der Waals surface area contributed by atoms with Gasteiger partial charge in [0.1, 0.15) is 0 Å². The topological polar surface area (TPSA) is 55.6 Å². The fourth-order valence-corrected chi connectivity index (χ4v) is 1.35. The molecule has 0 aliphatic carbocycles. The maximum absolute atomic E-state index is 12.0. The molecule has 0 aromatic carbocycles. The van der Waals surface area contributed by atoms with Crippen molar-refractivity contribution in [3.63, 3.8) is 0 Å². The molecule has 1 rings (SSSR count). The molecule has 0 aromatic heterocycles. The summed E-state index contributed by atoms with van der Waals surface area (Å²) in [5.41, 5.74) is 5.15. The highest BCUT2D eigenvalue weighted by atomic mass is 19.4. The molecule has 0 aromatic rings. The van der Waals surface area contributed by atoms with Crippen LogP contribution in [0.4, 0.5) is 13.2 Å². The highest BCUT2D eigenvalue weighted by Crippen LogP contribution is 2.26. The summed E-state index contributed by atoms with van der Waals surface area (Å²) in [6.45, 7) is 0.887. The molecular weight excluding hydrogens is 213 g/mol. The summed E-state index contributed by atoms with van der Waals surface area (Å²) in [5.74, 6) is -1.78. The number of nitrogens with two attached hydrogens (primary N) is 1. The number of alkyl halides is 3. The zero-order valence-electron chi connectivity index (χ0n) is 8.09. The van der Waals surface area contributed by atoms with Crippen LogP contribution in [0.2, 0.25) is 0 Å². The highest BCUT2D eigenvalue weighted by molar-refractivity contribution is 5.82. The van der Waals surface area contributed by atoms with Crippen LogP contribution in [0.1, 0.15) is 6.42 Å². The van der Waals surface area contributed by atoms with E-state index in [1.165, 1.54) is 0 Å². The molecule has 4 nitrogen and oxygen atoms in total. The molecule has 1 fully saturated rings. The molecule has 1 amide bonds. The smallest absolute Gasteiger partial charge is 0.378 e. The molecule has 2 N–H and O–H groups in total. The number of carbonyl (C=O) groups excluding carboxylic acids is 1. The number of ether oxygens (including phenoxy) is 1. The Balaban J connectivity index is 2.35. The number of carbonyl (C=O) groups is 1. The van der Waals surface area contributed by atoms with Crippen LogP contribution in [0.5, 0.6) is 0 Å². The van der Waals surface area contributed by atoms with E-state index in [2.05, 4.69) is 0 Å². The fraction of sp³-hybridized carbons (Fsp3) is 0.875. The lowest BCUT2D eigenvalue weighted by molar-refractivity contribution is -0.194. The summed E-state index contributed by atoms with van der Waals surface area (Å²) < 4.78 is 41.1. The van der Waals surface area contributed by atoms with Gasteiger partial charge in [0.15, 0.2) is 0 Å². The van der Waals surface area contributed by atoms with Crippen molar-refractivity contribution in [3.8, 4) is 0 Å². The van der Waals surface area contributed by atoms with Crippen LogP contribution in [0.15, 0.2) is 0 Å². The van der Waals surface area contributed by atoms with Crippen LogP contribution in [-0.2, 0) is 9.53 Å². The average Bonchev–Trinajstić information content (AvgIpc) is 2.09. The maximum Gasteiger partial charge on any atom is 0.471 e. The zero-order valence-corrected chi connectivity index (χ0v) is 8.09. The summed E-state index contributed by atoms with van der Waals surface area (Å²) in [7, 11) is 0. The van der Waals surface area contributed by atoms with Crippen molar-refractivity contribution >= 4 is 5.91 Å². The lowest BCUT2D eigenvalue weighted by atomic mass is 10.0. The molecule has 1 atom stereocenters. The molecular formula is C8H13F3N2O2. The second-order valence-electron chi connectivity index (χ2n) is 3.30. The van der Waals surface area contributed by atoms with Crippen molar-refractivity contribution < 1.29 is 22.7 Å². The number of hydrogen-bond donors (Lipinski definition) is 1. The van der Waals surface area contributed by atoms with Gasteiger partial charge in [-0.25, -0.2) is 0 Å². The Kier molecular flexibility index (Phi) is 3.92. The van der Waals surface area contributed by atoms with Crippen molar-refractivity contribution in [2.75, 3.05) is 26.3 Å². The zero-order chi connectivity index (χ0) is 11.5. The Morgan fingerprint density at radius 3 is 2.60 bits per heavy atom. The van der Waals surface area contributed by atoms with E-state index < -0.39 is 18.1 Å². The van der Waals surface area contributed by atoms with E-state index in [1.54, 1.807) is 0 Å². The quantitative estimate of drug-likeness (QED) is 0.693. The maximum atomic E-state index is 12.0. The Morgan fingerprint density at radius 1 is 1.53 bits per heavy atom. The Labute approximate surface area is 85.2 Å². The fourth-order valence-electron chi connectivity index (χ4n) is 1.35. The second-order valence-corrected chi connectivity index (χ2v) is 3.30. The lowest BCUT2D eigenvalue weighted by Gasteiger charge is -2.40. The number of likely N-dealkylation sites (tertiary alicyclic amines) is 1. The van der Waals surface area contributed by atoms with Crippen molar-refractivity contribution in [2.24, 2.45) is 5.73 Å². The third kappa shape index (κ3) is 3.07. The van der Waals surface area contributed by atoms with Gasteiger partial charge >= 0.3 is 12.1 Å². The molecule has 7 heteroatoms. The van der Waals surface area contributed by atoms with Gasteiger partial charge < -0.3 is 15.4 Å². The molecule has 1 saturated heterocycles. The van der Waals surface area contributed by atoms with E-state index in [0.717, 1.165) is 4.90 Å². The monoisotopic (exact) mass is 226 g/mol. The molecule has 88 valence electrons. The molecule has 1 heterocycles. The van der Waals surface area contributed by atoms with Gasteiger partial charge in [-0.05, 0) is 6.42 Å². The number of halogens is 3. The third-order valence-corrected chi connectivity index (χ3v) is 2.22. The van der Waals surface area contributed by atoms with E-state index in [9.17, 15) is 18.0 Å². The van der Waals surface area contributed by atoms with Crippen LogP contribution < -0.4 is 5.73 Å². The van der Waals surface area contributed by atoms with Crippen LogP contribution in [0, 0.1) is 0 Å². The van der Waals surface area contributed by atoms with Gasteiger partial charge in [0, 0.05) is 13.1 Å². The summed E-state index contributed by atoms with van der Waals surface area (Å²) in [4.78, 5) is 11.6. The molecule has 1 aliphatic heterocycles. The predicted octanol–water partition coefficient (Wildman–Crippen LogP) is 0.125. The first-order valence-electron chi connectivity index (χ1n) is 4.62. The SMILES string of the molecule is NCCOCC1CCN1C(=O)C(F)(F)F. The van der Waals surface area contributed by atoms with Crippen molar-refractivity contribution in [2.45, 2.75) is 18.6 Å². The van der Waals surface area contributed by atoms with Crippen molar-refractivity contribution in [1.29, 1.82) is 0 Å². The predicted molar refractivity (Wildman–Crippen MR) is 46.0 cm³/mol. The number of nitrogens with zero attached hydrogens (tertiary/aromatic N) is 1. The van der Waals surface area contributed by atoms with Crippen molar-refractivity contribution in [1.82, 2.24) is 4.90 Å². The number of hydrogen-bond acceptors (Lipinski definition) is 3. The second kappa shape index (κ2) is 4.80. The summed E-state index contributed by atoms with van der Waals surface area (Å²) in [6.07, 6.45) is -4.24. The summed E-state index contributed by atoms with van der Waals surface area (Å²) >= 11 is 0. The first-order chi connectivity index (χ1) is 6.96. The van der Waals surface area contributed by atoms with E-state index in [-0.39, 0.29) is 13.2 Å². The lowest BCUT2D eigenvalue weighted by Crippen LogP contribution is -2.57. The first kappa shape index (κ1) is 12.3. The Morgan fingerprint density at radius 2 is 2.20 bits per heavy atom. The molecule has 0 radical (unpaired) electrons. The van der Waals surface area contributed by atoms with E-state index in [0.29, 0.717) is 19.6 Å². The van der Waals surface area contributed by atoms with Gasteiger partial charge in [0.2, 0.25) is 0 Å². The molecule has 1 aliphatic rings. The van der Waals surface area contributed by atoms with Crippen molar-refractivity contribution in [3.05, 3.63) is 0 Å². The average molecular weight is 226 g/mol. The van der Waals surface area contributed by atoms with E-state index in [4.69, 9.17) is 10.5 Å².